The van der Waals surface area contributed by atoms with Gasteiger partial charge in [0.15, 0.2) is 6.61 Å². The molecule has 4 rings (SSSR count). The van der Waals surface area contributed by atoms with Gasteiger partial charge in [-0.2, -0.15) is 0 Å². The summed E-state index contributed by atoms with van der Waals surface area (Å²) in [6.45, 7) is 2.03. The summed E-state index contributed by atoms with van der Waals surface area (Å²) in [5, 5.41) is 4.30. The van der Waals surface area contributed by atoms with Gasteiger partial charge in [-0.3, -0.25) is 9.59 Å². The Hall–Kier alpha value is -3.06. The van der Waals surface area contributed by atoms with Gasteiger partial charge in [-0.15, -0.1) is 0 Å². The quantitative estimate of drug-likeness (QED) is 0.542. The van der Waals surface area contributed by atoms with Crippen molar-refractivity contribution < 1.29 is 23.5 Å². The molecule has 6 nitrogen and oxygen atoms in total. The second-order valence-corrected chi connectivity index (χ2v) is 8.17. The molecular weight excluding hydrogens is 435 g/mol. The van der Waals surface area contributed by atoms with Crippen LogP contribution in [0.15, 0.2) is 42.5 Å². The van der Waals surface area contributed by atoms with Crippen molar-refractivity contribution in [2.45, 2.75) is 38.8 Å². The van der Waals surface area contributed by atoms with Gasteiger partial charge in [0.05, 0.1) is 6.61 Å². The first kappa shape index (κ1) is 22.1. The summed E-state index contributed by atoms with van der Waals surface area (Å²) in [7, 11) is 0. The van der Waals surface area contributed by atoms with E-state index < -0.39 is 0 Å². The highest BCUT2D eigenvalue weighted by Crippen LogP contribution is 2.33. The molecular formula is C24H24ClFN2O4. The SMILES string of the molecule is CCOC(=O)Cn1c2c(c3cc(F)ccc31)C[C@H](NC(=O)COc1cccc(Cl)c1)CC2. The van der Waals surface area contributed by atoms with E-state index in [1.165, 1.54) is 12.1 Å². The number of esters is 1. The van der Waals surface area contributed by atoms with E-state index in [1.807, 2.05) is 4.57 Å². The third kappa shape index (κ3) is 4.88. The molecule has 1 heterocycles. The second kappa shape index (κ2) is 9.61. The number of rotatable bonds is 7. The number of benzene rings is 2. The lowest BCUT2D eigenvalue weighted by Crippen LogP contribution is -2.41. The van der Waals surface area contributed by atoms with Crippen molar-refractivity contribution >= 4 is 34.4 Å². The molecule has 0 unspecified atom stereocenters. The molecule has 0 aliphatic heterocycles. The van der Waals surface area contributed by atoms with Crippen molar-refractivity contribution in [2.24, 2.45) is 0 Å². The van der Waals surface area contributed by atoms with E-state index in [-0.39, 0.29) is 36.9 Å². The van der Waals surface area contributed by atoms with Gasteiger partial charge >= 0.3 is 5.97 Å². The summed E-state index contributed by atoms with van der Waals surface area (Å²) < 4.78 is 26.5. The minimum absolute atomic E-state index is 0.0792. The normalized spacial score (nSPS) is 15.3. The Morgan fingerprint density at radius 2 is 2.09 bits per heavy atom. The number of aromatic nitrogens is 1. The maximum atomic E-state index is 14.0. The minimum atomic E-state index is -0.338. The number of fused-ring (bicyclic) bond motifs is 3. The van der Waals surface area contributed by atoms with Crippen molar-refractivity contribution in [1.29, 1.82) is 0 Å². The molecule has 2 aromatic carbocycles. The van der Waals surface area contributed by atoms with Gasteiger partial charge < -0.3 is 19.4 Å². The molecule has 168 valence electrons. The third-order valence-corrected chi connectivity index (χ3v) is 5.79. The Labute approximate surface area is 190 Å². The summed E-state index contributed by atoms with van der Waals surface area (Å²) in [6.07, 6.45) is 1.91. The molecule has 0 bridgehead atoms. The average Bonchev–Trinajstić information content (AvgIpc) is 3.05. The summed E-state index contributed by atoms with van der Waals surface area (Å²) in [5.41, 5.74) is 2.73. The van der Waals surface area contributed by atoms with Crippen LogP contribution in [0.2, 0.25) is 5.02 Å². The molecule has 1 atom stereocenters. The number of hydrogen-bond acceptors (Lipinski definition) is 4. The van der Waals surface area contributed by atoms with Crippen LogP contribution in [0.25, 0.3) is 10.9 Å². The molecule has 0 spiro atoms. The lowest BCUT2D eigenvalue weighted by molar-refractivity contribution is -0.143. The van der Waals surface area contributed by atoms with Crippen molar-refractivity contribution in [3.05, 3.63) is 64.6 Å². The number of hydrogen-bond donors (Lipinski definition) is 1. The number of ether oxygens (including phenoxy) is 2. The number of nitrogens with one attached hydrogen (secondary N) is 1. The predicted octanol–water partition coefficient (Wildman–Crippen LogP) is 4.05. The minimum Gasteiger partial charge on any atom is -0.484 e. The van der Waals surface area contributed by atoms with Crippen LogP contribution in [-0.4, -0.2) is 35.7 Å². The zero-order valence-corrected chi connectivity index (χ0v) is 18.5. The number of halogens is 2. The Morgan fingerprint density at radius 3 is 2.88 bits per heavy atom. The Balaban J connectivity index is 1.49. The van der Waals surface area contributed by atoms with Crippen LogP contribution >= 0.6 is 11.6 Å². The monoisotopic (exact) mass is 458 g/mol. The Bertz CT molecular complexity index is 1160. The highest BCUT2D eigenvalue weighted by molar-refractivity contribution is 6.30. The summed E-state index contributed by atoms with van der Waals surface area (Å²) in [4.78, 5) is 24.6. The van der Waals surface area contributed by atoms with Crippen LogP contribution in [0, 0.1) is 5.82 Å². The standard InChI is InChI=1S/C24H24ClFN2O4/c1-2-31-24(30)13-28-21-8-6-16(26)11-19(21)20-12-17(7-9-22(20)28)27-23(29)14-32-18-5-3-4-15(25)10-18/h3-6,8,10-11,17H,2,7,9,12-14H2,1H3,(H,27,29)/t17-/m1/s1. The van der Waals surface area contributed by atoms with Crippen LogP contribution in [0.1, 0.15) is 24.6 Å². The molecule has 0 saturated carbocycles. The predicted molar refractivity (Wildman–Crippen MR) is 119 cm³/mol. The lowest BCUT2D eigenvalue weighted by Gasteiger charge is -2.25. The lowest BCUT2D eigenvalue weighted by atomic mass is 9.91. The first-order valence-electron chi connectivity index (χ1n) is 10.6. The molecule has 1 amide bonds. The average molecular weight is 459 g/mol. The topological polar surface area (TPSA) is 69.6 Å². The van der Waals surface area contributed by atoms with Gasteiger partial charge in [0.2, 0.25) is 0 Å². The van der Waals surface area contributed by atoms with E-state index in [9.17, 15) is 14.0 Å². The fraction of sp³-hybridized carbons (Fsp3) is 0.333. The fourth-order valence-corrected chi connectivity index (χ4v) is 4.42. The highest BCUT2D eigenvalue weighted by Gasteiger charge is 2.27. The van der Waals surface area contributed by atoms with Crippen LogP contribution < -0.4 is 10.1 Å². The molecule has 0 fully saturated rings. The van der Waals surface area contributed by atoms with Crippen LogP contribution in [0.5, 0.6) is 5.75 Å². The molecule has 1 aliphatic rings. The fourth-order valence-electron chi connectivity index (χ4n) is 4.24. The first-order chi connectivity index (χ1) is 15.4. The van der Waals surface area contributed by atoms with E-state index in [0.29, 0.717) is 36.6 Å². The molecule has 1 aliphatic carbocycles. The smallest absolute Gasteiger partial charge is 0.325 e. The number of carbonyl (C=O) groups is 2. The molecule has 0 saturated heterocycles. The van der Waals surface area contributed by atoms with Gasteiger partial charge in [0.1, 0.15) is 18.1 Å². The second-order valence-electron chi connectivity index (χ2n) is 7.73. The van der Waals surface area contributed by atoms with Gasteiger partial charge in [-0.25, -0.2) is 4.39 Å². The summed E-state index contributed by atoms with van der Waals surface area (Å²) >= 11 is 5.94. The molecule has 0 radical (unpaired) electrons. The van der Waals surface area contributed by atoms with Crippen LogP contribution in [-0.2, 0) is 33.7 Å². The maximum absolute atomic E-state index is 14.0. The zero-order chi connectivity index (χ0) is 22.7. The van der Waals surface area contributed by atoms with Crippen molar-refractivity contribution in [1.82, 2.24) is 9.88 Å². The summed E-state index contributed by atoms with van der Waals surface area (Å²) in [5.74, 6) is -0.379. The highest BCUT2D eigenvalue weighted by atomic mass is 35.5. The summed E-state index contributed by atoms with van der Waals surface area (Å²) in [6, 6.07) is 11.3. The van der Waals surface area contributed by atoms with E-state index in [0.717, 1.165) is 22.2 Å². The molecule has 1 aromatic heterocycles. The van der Waals surface area contributed by atoms with E-state index in [4.69, 9.17) is 21.1 Å². The Morgan fingerprint density at radius 1 is 1.25 bits per heavy atom. The number of amides is 1. The van der Waals surface area contributed by atoms with Crippen molar-refractivity contribution in [2.75, 3.05) is 13.2 Å². The Kier molecular flexibility index (Phi) is 6.65. The maximum Gasteiger partial charge on any atom is 0.325 e. The van der Waals surface area contributed by atoms with Gasteiger partial charge in [0, 0.05) is 27.7 Å². The van der Waals surface area contributed by atoms with E-state index in [1.54, 1.807) is 37.3 Å². The van der Waals surface area contributed by atoms with Crippen LogP contribution in [0.4, 0.5) is 4.39 Å². The number of nitrogens with zero attached hydrogens (tertiary/aromatic N) is 1. The van der Waals surface area contributed by atoms with Gasteiger partial charge in [-0.1, -0.05) is 17.7 Å². The van der Waals surface area contributed by atoms with Crippen LogP contribution in [0.3, 0.4) is 0 Å². The largest absolute Gasteiger partial charge is 0.484 e. The molecule has 32 heavy (non-hydrogen) atoms. The first-order valence-corrected chi connectivity index (χ1v) is 10.9. The van der Waals surface area contributed by atoms with Gasteiger partial charge in [0.25, 0.3) is 5.91 Å². The third-order valence-electron chi connectivity index (χ3n) is 5.55. The van der Waals surface area contributed by atoms with Crippen molar-refractivity contribution in [3.63, 3.8) is 0 Å². The molecule has 3 aromatic rings. The number of carbonyl (C=O) groups excluding carboxylic acids is 2. The molecule has 1 N–H and O–H groups in total. The van der Waals surface area contributed by atoms with Crippen molar-refractivity contribution in [3.8, 4) is 5.75 Å². The zero-order valence-electron chi connectivity index (χ0n) is 17.7. The van der Waals surface area contributed by atoms with E-state index in [2.05, 4.69) is 5.32 Å². The molecule has 8 heteroatoms. The van der Waals surface area contributed by atoms with Gasteiger partial charge in [-0.05, 0) is 68.1 Å². The van der Waals surface area contributed by atoms with E-state index >= 15 is 0 Å².